The Morgan fingerprint density at radius 2 is 2.00 bits per heavy atom. The molecule has 98 valence electrons. The molecule has 0 aromatic carbocycles. The number of rotatable bonds is 5. The molecule has 0 unspecified atom stereocenters. The number of alkyl carbamates (subject to hydrolysis) is 1. The minimum atomic E-state index is -0.897. The maximum absolute atomic E-state index is 11.5. The second kappa shape index (κ2) is 5.38. The molecule has 0 aliphatic heterocycles. The fourth-order valence-corrected chi connectivity index (χ4v) is 1.63. The predicted octanol–water partition coefficient (Wildman–Crippen LogP) is 2.15. The molecule has 0 heterocycles. The number of carboxylic acid groups (broad SMARTS) is 1. The molecule has 1 saturated carbocycles. The van der Waals surface area contributed by atoms with Crippen molar-refractivity contribution < 1.29 is 19.4 Å². The Morgan fingerprint density at radius 3 is 2.41 bits per heavy atom. The average Bonchev–Trinajstić information content (AvgIpc) is 2.81. The van der Waals surface area contributed by atoms with Crippen LogP contribution in [0.15, 0.2) is 0 Å². The van der Waals surface area contributed by atoms with Gasteiger partial charge in [0.2, 0.25) is 0 Å². The molecule has 1 amide bonds. The largest absolute Gasteiger partial charge is 0.481 e. The number of aliphatic carboxylic acids is 1. The number of amides is 1. The van der Waals surface area contributed by atoms with Crippen molar-refractivity contribution in [1.82, 2.24) is 5.32 Å². The van der Waals surface area contributed by atoms with Crippen molar-refractivity contribution in [2.75, 3.05) is 0 Å². The van der Waals surface area contributed by atoms with Crippen LogP contribution >= 0.6 is 0 Å². The summed E-state index contributed by atoms with van der Waals surface area (Å²) >= 11 is 0. The van der Waals surface area contributed by atoms with Crippen molar-refractivity contribution in [2.45, 2.75) is 58.1 Å². The van der Waals surface area contributed by atoms with E-state index in [1.807, 2.05) is 0 Å². The van der Waals surface area contributed by atoms with E-state index in [0.29, 0.717) is 5.92 Å². The summed E-state index contributed by atoms with van der Waals surface area (Å²) in [5.41, 5.74) is -0.558. The van der Waals surface area contributed by atoms with Gasteiger partial charge >= 0.3 is 12.1 Å². The Kier molecular flexibility index (Phi) is 4.37. The molecule has 17 heavy (non-hydrogen) atoms. The van der Waals surface area contributed by atoms with E-state index in [-0.39, 0.29) is 12.5 Å². The highest BCUT2D eigenvalue weighted by atomic mass is 16.6. The number of hydrogen-bond acceptors (Lipinski definition) is 3. The van der Waals surface area contributed by atoms with Gasteiger partial charge in [0.15, 0.2) is 0 Å². The fraction of sp³-hybridized carbons (Fsp3) is 0.833. The van der Waals surface area contributed by atoms with Gasteiger partial charge in [-0.3, -0.25) is 4.79 Å². The number of carbonyl (C=O) groups excluding carboxylic acids is 1. The van der Waals surface area contributed by atoms with Crippen molar-refractivity contribution >= 4 is 12.1 Å². The van der Waals surface area contributed by atoms with Crippen LogP contribution in [0.1, 0.15) is 46.5 Å². The van der Waals surface area contributed by atoms with Crippen LogP contribution in [0.3, 0.4) is 0 Å². The summed E-state index contributed by atoms with van der Waals surface area (Å²) < 4.78 is 5.11. The summed E-state index contributed by atoms with van der Waals surface area (Å²) in [6.45, 7) is 5.33. The van der Waals surface area contributed by atoms with Crippen molar-refractivity contribution in [3.63, 3.8) is 0 Å². The van der Waals surface area contributed by atoms with Gasteiger partial charge in [0.05, 0.1) is 6.42 Å². The lowest BCUT2D eigenvalue weighted by Crippen LogP contribution is -2.40. The van der Waals surface area contributed by atoms with E-state index in [1.165, 1.54) is 0 Å². The second-order valence-electron chi connectivity index (χ2n) is 5.62. The highest BCUT2D eigenvalue weighted by molar-refractivity contribution is 5.71. The molecule has 0 radical (unpaired) electrons. The van der Waals surface area contributed by atoms with E-state index in [9.17, 15) is 9.59 Å². The average molecular weight is 243 g/mol. The fourth-order valence-electron chi connectivity index (χ4n) is 1.63. The Bertz CT molecular complexity index is 291. The van der Waals surface area contributed by atoms with E-state index in [0.717, 1.165) is 19.3 Å². The summed E-state index contributed by atoms with van der Waals surface area (Å²) in [7, 11) is 0. The maximum atomic E-state index is 11.5. The molecule has 5 nitrogen and oxygen atoms in total. The van der Waals surface area contributed by atoms with Gasteiger partial charge in [-0.25, -0.2) is 4.79 Å². The quantitative estimate of drug-likeness (QED) is 0.775. The van der Waals surface area contributed by atoms with E-state index in [1.54, 1.807) is 20.8 Å². The zero-order chi connectivity index (χ0) is 13.1. The molecule has 0 saturated heterocycles. The first kappa shape index (κ1) is 13.8. The van der Waals surface area contributed by atoms with Gasteiger partial charge in [-0.2, -0.15) is 0 Å². The van der Waals surface area contributed by atoms with Crippen molar-refractivity contribution in [3.8, 4) is 0 Å². The molecular formula is C12H21NO4. The third-order valence-corrected chi connectivity index (χ3v) is 2.46. The van der Waals surface area contributed by atoms with Gasteiger partial charge < -0.3 is 15.2 Å². The van der Waals surface area contributed by atoms with Crippen LogP contribution in [-0.2, 0) is 9.53 Å². The molecule has 0 spiro atoms. The molecule has 2 N–H and O–H groups in total. The number of hydrogen-bond donors (Lipinski definition) is 2. The van der Waals surface area contributed by atoms with Crippen LogP contribution in [0.4, 0.5) is 4.79 Å². The SMILES string of the molecule is CC(C)(C)OC(=O)N[C@H](CC(=O)O)CC1CC1. The Labute approximate surface area is 102 Å². The Morgan fingerprint density at radius 1 is 1.41 bits per heavy atom. The molecule has 5 heteroatoms. The van der Waals surface area contributed by atoms with Crippen LogP contribution in [-0.4, -0.2) is 28.8 Å². The van der Waals surface area contributed by atoms with Gasteiger partial charge in [0.1, 0.15) is 5.60 Å². The summed E-state index contributed by atoms with van der Waals surface area (Å²) in [5.74, 6) is -0.332. The van der Waals surface area contributed by atoms with E-state index in [2.05, 4.69) is 5.32 Å². The van der Waals surface area contributed by atoms with Gasteiger partial charge in [-0.1, -0.05) is 12.8 Å². The van der Waals surface area contributed by atoms with Crippen LogP contribution in [0.5, 0.6) is 0 Å². The monoisotopic (exact) mass is 243 g/mol. The van der Waals surface area contributed by atoms with Crippen LogP contribution in [0.25, 0.3) is 0 Å². The number of carboxylic acids is 1. The van der Waals surface area contributed by atoms with Crippen LogP contribution < -0.4 is 5.32 Å². The lowest BCUT2D eigenvalue weighted by Gasteiger charge is -2.23. The lowest BCUT2D eigenvalue weighted by atomic mass is 10.1. The van der Waals surface area contributed by atoms with Crippen LogP contribution in [0.2, 0.25) is 0 Å². The van der Waals surface area contributed by atoms with Gasteiger partial charge in [-0.05, 0) is 33.1 Å². The zero-order valence-electron chi connectivity index (χ0n) is 10.7. The van der Waals surface area contributed by atoms with Gasteiger partial charge in [0.25, 0.3) is 0 Å². The lowest BCUT2D eigenvalue weighted by molar-refractivity contribution is -0.137. The third kappa shape index (κ3) is 6.81. The summed E-state index contributed by atoms with van der Waals surface area (Å²) in [6.07, 6.45) is 2.41. The molecule has 0 bridgehead atoms. The number of carbonyl (C=O) groups is 2. The first-order valence-electron chi connectivity index (χ1n) is 5.97. The van der Waals surface area contributed by atoms with E-state index < -0.39 is 17.7 Å². The molecule has 1 fully saturated rings. The summed E-state index contributed by atoms with van der Waals surface area (Å²) in [4.78, 5) is 22.2. The van der Waals surface area contributed by atoms with Crippen molar-refractivity contribution in [3.05, 3.63) is 0 Å². The number of nitrogens with one attached hydrogen (secondary N) is 1. The van der Waals surface area contributed by atoms with Gasteiger partial charge in [0, 0.05) is 6.04 Å². The first-order valence-corrected chi connectivity index (χ1v) is 5.97. The molecule has 0 aromatic heterocycles. The molecular weight excluding hydrogens is 222 g/mol. The van der Waals surface area contributed by atoms with E-state index >= 15 is 0 Å². The van der Waals surface area contributed by atoms with Crippen molar-refractivity contribution in [1.29, 1.82) is 0 Å². The first-order chi connectivity index (χ1) is 7.76. The minimum absolute atomic E-state index is 0.0459. The normalized spacial score (nSPS) is 17.4. The van der Waals surface area contributed by atoms with Crippen LogP contribution in [0, 0.1) is 5.92 Å². The standard InChI is InChI=1S/C12H21NO4/c1-12(2,3)17-11(16)13-9(7-10(14)15)6-8-4-5-8/h8-9H,4-7H2,1-3H3,(H,13,16)(H,14,15)/t9-/m0/s1. The van der Waals surface area contributed by atoms with Gasteiger partial charge in [-0.15, -0.1) is 0 Å². The second-order valence-corrected chi connectivity index (χ2v) is 5.62. The Hall–Kier alpha value is -1.26. The van der Waals surface area contributed by atoms with Crippen molar-refractivity contribution in [2.24, 2.45) is 5.92 Å². The van der Waals surface area contributed by atoms with E-state index in [4.69, 9.17) is 9.84 Å². The maximum Gasteiger partial charge on any atom is 0.407 e. The number of ether oxygens (including phenoxy) is 1. The summed E-state index contributed by atoms with van der Waals surface area (Å²) in [5, 5.41) is 11.4. The molecule has 0 aromatic rings. The molecule has 1 aliphatic rings. The predicted molar refractivity (Wildman–Crippen MR) is 62.8 cm³/mol. The third-order valence-electron chi connectivity index (χ3n) is 2.46. The highest BCUT2D eigenvalue weighted by Gasteiger charge is 2.28. The minimum Gasteiger partial charge on any atom is -0.481 e. The molecule has 1 rings (SSSR count). The topological polar surface area (TPSA) is 75.6 Å². The Balaban J connectivity index is 2.40. The zero-order valence-corrected chi connectivity index (χ0v) is 10.7. The molecule has 1 atom stereocenters. The smallest absolute Gasteiger partial charge is 0.407 e. The summed E-state index contributed by atoms with van der Waals surface area (Å²) in [6, 6.07) is -0.324. The molecule has 1 aliphatic carbocycles. The highest BCUT2D eigenvalue weighted by Crippen LogP contribution is 2.34.